The molecule has 0 aliphatic rings. The molecule has 0 unspecified atom stereocenters. The third-order valence-corrected chi connectivity index (χ3v) is 1.47. The normalized spacial score (nSPS) is 10.0. The molecule has 0 saturated carbocycles. The van der Waals surface area contributed by atoms with E-state index in [1.807, 2.05) is 7.05 Å². The summed E-state index contributed by atoms with van der Waals surface area (Å²) in [5.74, 6) is -0.186. The van der Waals surface area contributed by atoms with E-state index in [1.54, 1.807) is 17.1 Å². The highest BCUT2D eigenvalue weighted by atomic mass is 16.3. The molecular formula is C7H10N2O2. The molecule has 0 aliphatic carbocycles. The SMILES string of the molecule is Cn1cncc1CC(=O)CO. The average molecular weight is 154 g/mol. The lowest BCUT2D eigenvalue weighted by Crippen LogP contribution is -2.09. The average Bonchev–Trinajstić information content (AvgIpc) is 2.37. The van der Waals surface area contributed by atoms with Gasteiger partial charge < -0.3 is 9.67 Å². The first-order valence-electron chi connectivity index (χ1n) is 3.32. The highest BCUT2D eigenvalue weighted by Gasteiger charge is 2.04. The molecular weight excluding hydrogens is 144 g/mol. The lowest BCUT2D eigenvalue weighted by Gasteiger charge is -1.97. The summed E-state index contributed by atoms with van der Waals surface area (Å²) in [5, 5.41) is 8.45. The number of carbonyl (C=O) groups is 1. The molecule has 1 N–H and O–H groups in total. The summed E-state index contributed by atoms with van der Waals surface area (Å²) in [5.41, 5.74) is 0.823. The van der Waals surface area contributed by atoms with Gasteiger partial charge in [0.15, 0.2) is 5.78 Å². The van der Waals surface area contributed by atoms with E-state index < -0.39 is 6.61 Å². The fourth-order valence-electron chi connectivity index (χ4n) is 0.813. The van der Waals surface area contributed by atoms with Crippen molar-refractivity contribution in [3.05, 3.63) is 18.2 Å². The maximum atomic E-state index is 10.7. The van der Waals surface area contributed by atoms with E-state index in [0.29, 0.717) is 0 Å². The van der Waals surface area contributed by atoms with E-state index in [1.165, 1.54) is 0 Å². The zero-order chi connectivity index (χ0) is 8.27. The second kappa shape index (κ2) is 3.30. The number of carbonyl (C=O) groups excluding carboxylic acids is 1. The summed E-state index contributed by atoms with van der Waals surface area (Å²) in [7, 11) is 1.81. The highest BCUT2D eigenvalue weighted by Crippen LogP contribution is 1.97. The van der Waals surface area contributed by atoms with Crippen LogP contribution in [0.2, 0.25) is 0 Å². The van der Waals surface area contributed by atoms with Crippen molar-refractivity contribution in [3.63, 3.8) is 0 Å². The van der Waals surface area contributed by atoms with Crippen LogP contribution in [0.4, 0.5) is 0 Å². The molecule has 0 spiro atoms. The number of hydrogen-bond acceptors (Lipinski definition) is 3. The van der Waals surface area contributed by atoms with Gasteiger partial charge in [0.05, 0.1) is 12.7 Å². The van der Waals surface area contributed by atoms with Gasteiger partial charge in [0, 0.05) is 18.9 Å². The van der Waals surface area contributed by atoms with Gasteiger partial charge in [-0.05, 0) is 0 Å². The number of imidazole rings is 1. The molecule has 0 amide bonds. The third-order valence-electron chi connectivity index (χ3n) is 1.47. The van der Waals surface area contributed by atoms with Gasteiger partial charge in [-0.1, -0.05) is 0 Å². The van der Waals surface area contributed by atoms with E-state index in [0.717, 1.165) is 5.69 Å². The first kappa shape index (κ1) is 7.94. The zero-order valence-corrected chi connectivity index (χ0v) is 6.32. The highest BCUT2D eigenvalue weighted by molar-refractivity contribution is 5.81. The van der Waals surface area contributed by atoms with E-state index in [-0.39, 0.29) is 12.2 Å². The molecule has 0 aliphatic heterocycles. The lowest BCUT2D eigenvalue weighted by molar-refractivity contribution is -0.121. The van der Waals surface area contributed by atoms with Gasteiger partial charge in [-0.3, -0.25) is 4.79 Å². The van der Waals surface area contributed by atoms with Crippen LogP contribution in [-0.4, -0.2) is 27.0 Å². The van der Waals surface area contributed by atoms with Crippen LogP contribution in [0.1, 0.15) is 5.69 Å². The molecule has 0 saturated heterocycles. The topological polar surface area (TPSA) is 55.1 Å². The second-order valence-electron chi connectivity index (χ2n) is 2.37. The number of aryl methyl sites for hydroxylation is 1. The van der Waals surface area contributed by atoms with Crippen molar-refractivity contribution in [1.29, 1.82) is 0 Å². The van der Waals surface area contributed by atoms with Gasteiger partial charge in [-0.25, -0.2) is 4.98 Å². The van der Waals surface area contributed by atoms with Crippen molar-refractivity contribution in [1.82, 2.24) is 9.55 Å². The second-order valence-corrected chi connectivity index (χ2v) is 2.37. The van der Waals surface area contributed by atoms with Gasteiger partial charge in [0.25, 0.3) is 0 Å². The summed E-state index contributed by atoms with van der Waals surface area (Å²) in [4.78, 5) is 14.6. The minimum absolute atomic E-state index is 0.186. The number of ketones is 1. The standard InChI is InChI=1S/C7H10N2O2/c1-9-5-8-3-6(9)2-7(11)4-10/h3,5,10H,2,4H2,1H3. The molecule has 1 rings (SSSR count). The number of nitrogens with zero attached hydrogens (tertiary/aromatic N) is 2. The smallest absolute Gasteiger partial charge is 0.164 e. The van der Waals surface area contributed by atoms with Gasteiger partial charge >= 0.3 is 0 Å². The summed E-state index contributed by atoms with van der Waals surface area (Å²) < 4.78 is 1.76. The number of aromatic nitrogens is 2. The molecule has 1 heterocycles. The Morgan fingerprint density at radius 3 is 3.00 bits per heavy atom. The van der Waals surface area contributed by atoms with Crippen LogP contribution in [0.15, 0.2) is 12.5 Å². The number of aliphatic hydroxyl groups is 1. The van der Waals surface area contributed by atoms with Crippen LogP contribution in [0.5, 0.6) is 0 Å². The molecule has 1 aromatic heterocycles. The van der Waals surface area contributed by atoms with Gasteiger partial charge in [0.2, 0.25) is 0 Å². The molecule has 1 aromatic rings. The Labute approximate surface area is 64.5 Å². The Kier molecular flexibility index (Phi) is 2.38. The molecule has 4 nitrogen and oxygen atoms in total. The van der Waals surface area contributed by atoms with Crippen molar-refractivity contribution in [2.45, 2.75) is 6.42 Å². The maximum Gasteiger partial charge on any atom is 0.164 e. The summed E-state index contributed by atoms with van der Waals surface area (Å²) >= 11 is 0. The van der Waals surface area contributed by atoms with Gasteiger partial charge in [-0.15, -0.1) is 0 Å². The largest absolute Gasteiger partial charge is 0.389 e. The van der Waals surface area contributed by atoms with Crippen molar-refractivity contribution in [3.8, 4) is 0 Å². The summed E-state index contributed by atoms with van der Waals surface area (Å²) in [6.07, 6.45) is 3.50. The van der Waals surface area contributed by atoms with Gasteiger partial charge in [0.1, 0.15) is 6.61 Å². The van der Waals surface area contributed by atoms with Crippen LogP contribution in [0.3, 0.4) is 0 Å². The van der Waals surface area contributed by atoms with Crippen LogP contribution in [0, 0.1) is 0 Å². The summed E-state index contributed by atoms with van der Waals surface area (Å²) in [6.45, 7) is -0.398. The Bertz CT molecular complexity index is 255. The monoisotopic (exact) mass is 154 g/mol. The quantitative estimate of drug-likeness (QED) is 0.640. The minimum atomic E-state index is -0.398. The number of hydrogen-bond donors (Lipinski definition) is 1. The maximum absolute atomic E-state index is 10.7. The van der Waals surface area contributed by atoms with Crippen molar-refractivity contribution in [2.75, 3.05) is 6.61 Å². The van der Waals surface area contributed by atoms with E-state index in [9.17, 15) is 4.79 Å². The molecule has 0 atom stereocenters. The molecule has 0 radical (unpaired) electrons. The summed E-state index contributed by atoms with van der Waals surface area (Å²) in [6, 6.07) is 0. The van der Waals surface area contributed by atoms with Crippen molar-refractivity contribution < 1.29 is 9.90 Å². The fourth-order valence-corrected chi connectivity index (χ4v) is 0.813. The molecule has 4 heteroatoms. The number of Topliss-reactive ketones (excluding diaryl/α,β-unsaturated/α-hetero) is 1. The predicted octanol–water partition coefficient (Wildman–Crippen LogP) is -0.476. The van der Waals surface area contributed by atoms with Crippen molar-refractivity contribution >= 4 is 5.78 Å². The first-order valence-corrected chi connectivity index (χ1v) is 3.32. The molecule has 0 bridgehead atoms. The zero-order valence-electron chi connectivity index (χ0n) is 6.32. The lowest BCUT2D eigenvalue weighted by atomic mass is 10.2. The Balaban J connectivity index is 2.64. The fraction of sp³-hybridized carbons (Fsp3) is 0.429. The Hall–Kier alpha value is -1.16. The predicted molar refractivity (Wildman–Crippen MR) is 39.0 cm³/mol. The minimum Gasteiger partial charge on any atom is -0.389 e. The van der Waals surface area contributed by atoms with Crippen LogP contribution in [0.25, 0.3) is 0 Å². The third kappa shape index (κ3) is 1.88. The van der Waals surface area contributed by atoms with E-state index >= 15 is 0 Å². The Morgan fingerprint density at radius 2 is 2.55 bits per heavy atom. The molecule has 0 fully saturated rings. The van der Waals surface area contributed by atoms with Crippen molar-refractivity contribution in [2.24, 2.45) is 7.05 Å². The van der Waals surface area contributed by atoms with Gasteiger partial charge in [-0.2, -0.15) is 0 Å². The van der Waals surface area contributed by atoms with Crippen LogP contribution in [-0.2, 0) is 18.3 Å². The number of aliphatic hydroxyl groups excluding tert-OH is 1. The van der Waals surface area contributed by atoms with E-state index in [2.05, 4.69) is 4.98 Å². The number of rotatable bonds is 3. The van der Waals surface area contributed by atoms with Crippen LogP contribution >= 0.6 is 0 Å². The van der Waals surface area contributed by atoms with E-state index in [4.69, 9.17) is 5.11 Å². The molecule has 0 aromatic carbocycles. The van der Waals surface area contributed by atoms with Crippen LogP contribution < -0.4 is 0 Å². The molecule has 11 heavy (non-hydrogen) atoms. The first-order chi connectivity index (χ1) is 5.24. The Morgan fingerprint density at radius 1 is 1.82 bits per heavy atom. The molecule has 60 valence electrons.